The summed E-state index contributed by atoms with van der Waals surface area (Å²) >= 11 is 6.02. The first kappa shape index (κ1) is 18.8. The Labute approximate surface area is 163 Å². The van der Waals surface area contributed by atoms with Gasteiger partial charge in [0.15, 0.2) is 0 Å². The third-order valence-corrected chi connectivity index (χ3v) is 4.61. The standard InChI is InChI=1S/C22H20ClNO3/c1-15-6-2-3-8-17(15)14-27-21-9-5-4-7-16(21)13-24-18-10-11-19(22(25)26)20(23)12-18/h2-12,24H,13-14H2,1H3,(H,25,26). The lowest BCUT2D eigenvalue weighted by Gasteiger charge is -2.14. The summed E-state index contributed by atoms with van der Waals surface area (Å²) in [5, 5.41) is 12.5. The maximum atomic E-state index is 11.0. The van der Waals surface area contributed by atoms with E-state index in [0.29, 0.717) is 13.2 Å². The predicted molar refractivity (Wildman–Crippen MR) is 108 cm³/mol. The predicted octanol–water partition coefficient (Wildman–Crippen LogP) is 5.54. The van der Waals surface area contributed by atoms with Crippen LogP contribution in [0.1, 0.15) is 27.0 Å². The normalized spacial score (nSPS) is 10.4. The number of ether oxygens (including phenoxy) is 1. The summed E-state index contributed by atoms with van der Waals surface area (Å²) in [4.78, 5) is 11.0. The molecule has 0 aliphatic carbocycles. The zero-order chi connectivity index (χ0) is 19.2. The number of hydrogen-bond acceptors (Lipinski definition) is 3. The lowest BCUT2D eigenvalue weighted by atomic mass is 10.1. The molecular weight excluding hydrogens is 362 g/mol. The average Bonchev–Trinajstić information content (AvgIpc) is 2.66. The fourth-order valence-electron chi connectivity index (χ4n) is 2.71. The number of carboxylic acid groups (broad SMARTS) is 1. The van der Waals surface area contributed by atoms with Crippen LogP contribution < -0.4 is 10.1 Å². The van der Waals surface area contributed by atoms with Crippen molar-refractivity contribution in [1.82, 2.24) is 0 Å². The van der Waals surface area contributed by atoms with E-state index in [1.165, 1.54) is 11.6 Å². The van der Waals surface area contributed by atoms with Crippen LogP contribution in [0.2, 0.25) is 5.02 Å². The van der Waals surface area contributed by atoms with E-state index in [1.807, 2.05) is 36.4 Å². The van der Waals surface area contributed by atoms with Gasteiger partial charge in [0, 0.05) is 17.8 Å². The summed E-state index contributed by atoms with van der Waals surface area (Å²) in [7, 11) is 0. The number of anilines is 1. The van der Waals surface area contributed by atoms with Gasteiger partial charge in [-0.05, 0) is 42.3 Å². The van der Waals surface area contributed by atoms with Gasteiger partial charge in [0.2, 0.25) is 0 Å². The molecule has 0 unspecified atom stereocenters. The SMILES string of the molecule is Cc1ccccc1COc1ccccc1CNc1ccc(C(=O)O)c(Cl)c1. The number of nitrogens with one attached hydrogen (secondary N) is 1. The molecule has 2 N–H and O–H groups in total. The highest BCUT2D eigenvalue weighted by Crippen LogP contribution is 2.24. The molecule has 0 saturated heterocycles. The number of aromatic carboxylic acids is 1. The molecule has 0 aliphatic heterocycles. The molecule has 27 heavy (non-hydrogen) atoms. The van der Waals surface area contributed by atoms with Crippen LogP contribution in [0, 0.1) is 6.92 Å². The van der Waals surface area contributed by atoms with Crippen LogP contribution in [-0.4, -0.2) is 11.1 Å². The first-order valence-electron chi connectivity index (χ1n) is 8.56. The minimum absolute atomic E-state index is 0.0872. The second-order valence-corrected chi connectivity index (χ2v) is 6.58. The van der Waals surface area contributed by atoms with Gasteiger partial charge in [0.1, 0.15) is 12.4 Å². The van der Waals surface area contributed by atoms with Gasteiger partial charge in [-0.3, -0.25) is 0 Å². The molecule has 4 nitrogen and oxygen atoms in total. The summed E-state index contributed by atoms with van der Waals surface area (Å²) < 4.78 is 6.02. The van der Waals surface area contributed by atoms with Crippen molar-refractivity contribution in [3.63, 3.8) is 0 Å². The maximum absolute atomic E-state index is 11.0. The summed E-state index contributed by atoms with van der Waals surface area (Å²) in [6.45, 7) is 3.10. The van der Waals surface area contributed by atoms with E-state index >= 15 is 0 Å². The molecular formula is C22H20ClNO3. The fraction of sp³-hybridized carbons (Fsp3) is 0.136. The van der Waals surface area contributed by atoms with Crippen molar-refractivity contribution >= 4 is 23.3 Å². The number of aryl methyl sites for hydroxylation is 1. The Morgan fingerprint density at radius 1 is 1.04 bits per heavy atom. The van der Waals surface area contributed by atoms with Crippen LogP contribution in [0.25, 0.3) is 0 Å². The molecule has 0 spiro atoms. The van der Waals surface area contributed by atoms with Crippen molar-refractivity contribution in [1.29, 1.82) is 0 Å². The Morgan fingerprint density at radius 2 is 1.74 bits per heavy atom. The number of hydrogen-bond donors (Lipinski definition) is 2. The highest BCUT2D eigenvalue weighted by atomic mass is 35.5. The largest absolute Gasteiger partial charge is 0.489 e. The van der Waals surface area contributed by atoms with Crippen LogP contribution >= 0.6 is 11.6 Å². The minimum Gasteiger partial charge on any atom is -0.489 e. The van der Waals surface area contributed by atoms with Crippen LogP contribution in [0.3, 0.4) is 0 Å². The number of halogens is 1. The van der Waals surface area contributed by atoms with Crippen molar-refractivity contribution in [3.8, 4) is 5.75 Å². The molecule has 5 heteroatoms. The molecule has 0 radical (unpaired) electrons. The van der Waals surface area contributed by atoms with Crippen molar-refractivity contribution in [2.75, 3.05) is 5.32 Å². The van der Waals surface area contributed by atoms with Crippen molar-refractivity contribution in [3.05, 3.63) is 94.0 Å². The molecule has 3 aromatic rings. The molecule has 0 aliphatic rings. The van der Waals surface area contributed by atoms with E-state index in [2.05, 4.69) is 24.4 Å². The summed E-state index contributed by atoms with van der Waals surface area (Å²) in [5.41, 5.74) is 4.19. The molecule has 0 heterocycles. The van der Waals surface area contributed by atoms with Gasteiger partial charge in [-0.15, -0.1) is 0 Å². The fourth-order valence-corrected chi connectivity index (χ4v) is 2.98. The van der Waals surface area contributed by atoms with E-state index in [1.54, 1.807) is 12.1 Å². The first-order chi connectivity index (χ1) is 13.0. The van der Waals surface area contributed by atoms with E-state index in [0.717, 1.165) is 22.6 Å². The summed E-state index contributed by atoms with van der Waals surface area (Å²) in [6.07, 6.45) is 0. The summed E-state index contributed by atoms with van der Waals surface area (Å²) in [5.74, 6) is -0.233. The zero-order valence-electron chi connectivity index (χ0n) is 14.9. The molecule has 3 aromatic carbocycles. The Bertz CT molecular complexity index is 956. The van der Waals surface area contributed by atoms with E-state index in [-0.39, 0.29) is 10.6 Å². The number of carbonyl (C=O) groups is 1. The van der Waals surface area contributed by atoms with E-state index in [4.69, 9.17) is 21.4 Å². The van der Waals surface area contributed by atoms with Gasteiger partial charge in [0.05, 0.1) is 10.6 Å². The Kier molecular flexibility index (Phi) is 5.99. The highest BCUT2D eigenvalue weighted by Gasteiger charge is 2.09. The van der Waals surface area contributed by atoms with Crippen LogP contribution in [0.4, 0.5) is 5.69 Å². The molecule has 0 amide bonds. The first-order valence-corrected chi connectivity index (χ1v) is 8.94. The number of rotatable bonds is 7. The third-order valence-electron chi connectivity index (χ3n) is 4.30. The monoisotopic (exact) mass is 381 g/mol. The molecule has 0 bridgehead atoms. The second kappa shape index (κ2) is 8.60. The van der Waals surface area contributed by atoms with E-state index < -0.39 is 5.97 Å². The summed E-state index contributed by atoms with van der Waals surface area (Å²) in [6, 6.07) is 20.8. The third kappa shape index (κ3) is 4.80. The van der Waals surface area contributed by atoms with Crippen molar-refractivity contribution < 1.29 is 14.6 Å². The van der Waals surface area contributed by atoms with E-state index in [9.17, 15) is 4.79 Å². The van der Waals surface area contributed by atoms with Crippen molar-refractivity contribution in [2.45, 2.75) is 20.1 Å². The van der Waals surface area contributed by atoms with Gasteiger partial charge in [-0.1, -0.05) is 54.1 Å². The molecule has 0 atom stereocenters. The minimum atomic E-state index is -1.04. The Balaban J connectivity index is 1.68. The molecule has 0 fully saturated rings. The molecule has 0 saturated carbocycles. The highest BCUT2D eigenvalue weighted by molar-refractivity contribution is 6.33. The van der Waals surface area contributed by atoms with Crippen LogP contribution in [-0.2, 0) is 13.2 Å². The van der Waals surface area contributed by atoms with Crippen molar-refractivity contribution in [2.24, 2.45) is 0 Å². The van der Waals surface area contributed by atoms with Crippen LogP contribution in [0.5, 0.6) is 5.75 Å². The number of para-hydroxylation sites is 1. The molecule has 0 aromatic heterocycles. The maximum Gasteiger partial charge on any atom is 0.337 e. The zero-order valence-corrected chi connectivity index (χ0v) is 15.7. The lowest BCUT2D eigenvalue weighted by Crippen LogP contribution is -2.05. The Hall–Kier alpha value is -2.98. The second-order valence-electron chi connectivity index (χ2n) is 6.18. The quantitative estimate of drug-likeness (QED) is 0.564. The van der Waals surface area contributed by atoms with Gasteiger partial charge in [0.25, 0.3) is 0 Å². The van der Waals surface area contributed by atoms with Gasteiger partial charge in [-0.25, -0.2) is 4.79 Å². The average molecular weight is 382 g/mol. The Morgan fingerprint density at radius 3 is 2.44 bits per heavy atom. The lowest BCUT2D eigenvalue weighted by molar-refractivity contribution is 0.0697. The van der Waals surface area contributed by atoms with Gasteiger partial charge < -0.3 is 15.2 Å². The number of carboxylic acids is 1. The molecule has 138 valence electrons. The topological polar surface area (TPSA) is 58.6 Å². The smallest absolute Gasteiger partial charge is 0.337 e. The number of benzene rings is 3. The van der Waals surface area contributed by atoms with Gasteiger partial charge in [-0.2, -0.15) is 0 Å². The molecule has 3 rings (SSSR count). The van der Waals surface area contributed by atoms with Crippen LogP contribution in [0.15, 0.2) is 66.7 Å². The van der Waals surface area contributed by atoms with Gasteiger partial charge >= 0.3 is 5.97 Å².